The standard InChI is InChI=1S/C11H12BrN3/c1-2-14-8-10(12)11(13)15-9-6-4-3-5-7-9/h2-8,14H,1H2,(H2,13,15). The van der Waals surface area contributed by atoms with Gasteiger partial charge in [-0.2, -0.15) is 0 Å². The van der Waals surface area contributed by atoms with Crippen molar-refractivity contribution >= 4 is 27.5 Å². The van der Waals surface area contributed by atoms with Crippen LogP contribution in [0.25, 0.3) is 0 Å². The highest BCUT2D eigenvalue weighted by molar-refractivity contribution is 9.12. The zero-order chi connectivity index (χ0) is 11.1. The van der Waals surface area contributed by atoms with Crippen LogP contribution < -0.4 is 11.1 Å². The molecule has 0 unspecified atom stereocenters. The number of rotatable bonds is 4. The first-order valence-corrected chi connectivity index (χ1v) is 5.15. The van der Waals surface area contributed by atoms with Gasteiger partial charge in [0.15, 0.2) is 0 Å². The van der Waals surface area contributed by atoms with Crippen molar-refractivity contribution < 1.29 is 0 Å². The summed E-state index contributed by atoms with van der Waals surface area (Å²) < 4.78 is 0.686. The molecule has 0 heterocycles. The largest absolute Gasteiger partial charge is 0.383 e. The van der Waals surface area contributed by atoms with Crippen molar-refractivity contribution in [3.8, 4) is 0 Å². The molecule has 3 N–H and O–H groups in total. The van der Waals surface area contributed by atoms with Crippen LogP contribution in [-0.2, 0) is 0 Å². The summed E-state index contributed by atoms with van der Waals surface area (Å²) in [5.74, 6) is 0.413. The van der Waals surface area contributed by atoms with Crippen molar-refractivity contribution in [3.05, 3.63) is 53.8 Å². The molecular weight excluding hydrogens is 254 g/mol. The van der Waals surface area contributed by atoms with E-state index >= 15 is 0 Å². The summed E-state index contributed by atoms with van der Waals surface area (Å²) in [6.45, 7) is 3.52. The van der Waals surface area contributed by atoms with Gasteiger partial charge in [-0.15, -0.1) is 0 Å². The summed E-state index contributed by atoms with van der Waals surface area (Å²) in [7, 11) is 0. The van der Waals surface area contributed by atoms with E-state index in [4.69, 9.17) is 5.73 Å². The Morgan fingerprint density at radius 3 is 2.67 bits per heavy atom. The van der Waals surface area contributed by atoms with Crippen molar-refractivity contribution in [2.75, 3.05) is 0 Å². The zero-order valence-corrected chi connectivity index (χ0v) is 9.74. The fourth-order valence-electron chi connectivity index (χ4n) is 0.901. The average Bonchev–Trinajstić information content (AvgIpc) is 2.27. The van der Waals surface area contributed by atoms with Gasteiger partial charge < -0.3 is 11.1 Å². The minimum Gasteiger partial charge on any atom is -0.383 e. The fraction of sp³-hybridized carbons (Fsp3) is 0. The van der Waals surface area contributed by atoms with Gasteiger partial charge in [0.05, 0.1) is 10.2 Å². The molecule has 0 saturated carbocycles. The number of aliphatic imine (C=N–C) groups is 1. The lowest BCUT2D eigenvalue weighted by Crippen LogP contribution is -2.12. The number of nitrogens with zero attached hydrogens (tertiary/aromatic N) is 1. The molecule has 0 aromatic heterocycles. The Bertz CT molecular complexity index is 382. The Labute approximate surface area is 97.5 Å². The van der Waals surface area contributed by atoms with E-state index < -0.39 is 0 Å². The van der Waals surface area contributed by atoms with E-state index in [2.05, 4.69) is 32.8 Å². The number of nitrogens with one attached hydrogen (secondary N) is 1. The molecule has 1 aromatic rings. The third-order valence-corrected chi connectivity index (χ3v) is 2.21. The van der Waals surface area contributed by atoms with Gasteiger partial charge in [-0.25, -0.2) is 4.99 Å². The Balaban J connectivity index is 2.80. The summed E-state index contributed by atoms with van der Waals surface area (Å²) in [6, 6.07) is 9.51. The number of nitrogens with two attached hydrogens (primary N) is 1. The molecule has 0 radical (unpaired) electrons. The molecule has 0 saturated heterocycles. The van der Waals surface area contributed by atoms with Gasteiger partial charge >= 0.3 is 0 Å². The molecule has 0 amide bonds. The summed E-state index contributed by atoms with van der Waals surface area (Å²) in [5.41, 5.74) is 6.57. The Morgan fingerprint density at radius 1 is 1.40 bits per heavy atom. The van der Waals surface area contributed by atoms with E-state index in [9.17, 15) is 0 Å². The monoisotopic (exact) mass is 265 g/mol. The molecule has 0 spiro atoms. The molecule has 0 bridgehead atoms. The first kappa shape index (κ1) is 11.5. The van der Waals surface area contributed by atoms with Gasteiger partial charge in [0.25, 0.3) is 0 Å². The molecular formula is C11H12BrN3. The second kappa shape index (κ2) is 6.03. The minimum absolute atomic E-state index is 0.413. The Kier molecular flexibility index (Phi) is 4.63. The van der Waals surface area contributed by atoms with Crippen molar-refractivity contribution in [3.63, 3.8) is 0 Å². The third-order valence-electron chi connectivity index (χ3n) is 1.58. The lowest BCUT2D eigenvalue weighted by atomic mass is 10.3. The normalized spacial score (nSPS) is 12.3. The molecule has 0 aliphatic heterocycles. The molecule has 3 nitrogen and oxygen atoms in total. The van der Waals surface area contributed by atoms with Gasteiger partial charge in [-0.05, 0) is 34.3 Å². The third kappa shape index (κ3) is 3.99. The maximum atomic E-state index is 5.75. The molecule has 1 aromatic carbocycles. The molecule has 0 atom stereocenters. The van der Waals surface area contributed by atoms with Crippen LogP contribution in [0.15, 0.2) is 58.8 Å². The molecule has 1 rings (SSSR count). The number of halogens is 1. The fourth-order valence-corrected chi connectivity index (χ4v) is 1.12. The van der Waals surface area contributed by atoms with Crippen LogP contribution in [-0.4, -0.2) is 5.84 Å². The van der Waals surface area contributed by atoms with E-state index in [0.717, 1.165) is 5.69 Å². The van der Waals surface area contributed by atoms with Crippen LogP contribution >= 0.6 is 15.9 Å². The number of benzene rings is 1. The number of hydrogen-bond acceptors (Lipinski definition) is 2. The Hall–Kier alpha value is -1.55. The second-order valence-corrected chi connectivity index (χ2v) is 3.55. The summed E-state index contributed by atoms with van der Waals surface area (Å²) in [6.07, 6.45) is 3.23. The summed E-state index contributed by atoms with van der Waals surface area (Å²) >= 11 is 3.30. The first-order chi connectivity index (χ1) is 7.24. The Morgan fingerprint density at radius 2 is 2.07 bits per heavy atom. The highest BCUT2D eigenvalue weighted by Crippen LogP contribution is 2.12. The van der Waals surface area contributed by atoms with Crippen molar-refractivity contribution in [2.45, 2.75) is 0 Å². The van der Waals surface area contributed by atoms with Gasteiger partial charge in [0.1, 0.15) is 5.84 Å². The van der Waals surface area contributed by atoms with Crippen molar-refractivity contribution in [2.24, 2.45) is 10.7 Å². The number of para-hydroxylation sites is 1. The molecule has 15 heavy (non-hydrogen) atoms. The molecule has 0 aliphatic carbocycles. The van der Waals surface area contributed by atoms with Crippen LogP contribution in [0.5, 0.6) is 0 Å². The minimum atomic E-state index is 0.413. The quantitative estimate of drug-likeness (QED) is 0.650. The smallest absolute Gasteiger partial charge is 0.139 e. The van der Waals surface area contributed by atoms with Gasteiger partial charge in [-0.1, -0.05) is 24.8 Å². The zero-order valence-electron chi connectivity index (χ0n) is 8.15. The predicted molar refractivity (Wildman–Crippen MR) is 68.1 cm³/mol. The van der Waals surface area contributed by atoms with Crippen LogP contribution in [0.1, 0.15) is 0 Å². The van der Waals surface area contributed by atoms with E-state index in [0.29, 0.717) is 10.3 Å². The number of amidine groups is 1. The van der Waals surface area contributed by atoms with Crippen LogP contribution in [0.4, 0.5) is 5.69 Å². The lowest BCUT2D eigenvalue weighted by molar-refractivity contribution is 1.20. The van der Waals surface area contributed by atoms with Gasteiger partial charge in [0.2, 0.25) is 0 Å². The van der Waals surface area contributed by atoms with Crippen LogP contribution in [0.3, 0.4) is 0 Å². The summed E-state index contributed by atoms with van der Waals surface area (Å²) in [5, 5.41) is 2.81. The topological polar surface area (TPSA) is 50.4 Å². The highest BCUT2D eigenvalue weighted by Gasteiger charge is 1.97. The molecule has 4 heteroatoms. The molecule has 0 fully saturated rings. The van der Waals surface area contributed by atoms with E-state index in [1.54, 1.807) is 12.4 Å². The maximum Gasteiger partial charge on any atom is 0.139 e. The first-order valence-electron chi connectivity index (χ1n) is 4.36. The molecule has 78 valence electrons. The SMILES string of the molecule is C=CNC=C(Br)C(N)=Nc1ccccc1. The lowest BCUT2D eigenvalue weighted by Gasteiger charge is -1.99. The van der Waals surface area contributed by atoms with Gasteiger partial charge in [-0.3, -0.25) is 0 Å². The van der Waals surface area contributed by atoms with Gasteiger partial charge in [0, 0.05) is 6.20 Å². The average molecular weight is 266 g/mol. The van der Waals surface area contributed by atoms with E-state index in [1.165, 1.54) is 0 Å². The van der Waals surface area contributed by atoms with Crippen molar-refractivity contribution in [1.29, 1.82) is 0 Å². The maximum absolute atomic E-state index is 5.75. The second-order valence-electron chi connectivity index (χ2n) is 2.70. The summed E-state index contributed by atoms with van der Waals surface area (Å²) in [4.78, 5) is 4.22. The molecule has 0 aliphatic rings. The van der Waals surface area contributed by atoms with E-state index in [1.807, 2.05) is 30.3 Å². The van der Waals surface area contributed by atoms with Crippen molar-refractivity contribution in [1.82, 2.24) is 5.32 Å². The van der Waals surface area contributed by atoms with Crippen LogP contribution in [0.2, 0.25) is 0 Å². The van der Waals surface area contributed by atoms with E-state index in [-0.39, 0.29) is 0 Å². The predicted octanol–water partition coefficient (Wildman–Crippen LogP) is 2.64. The number of hydrogen-bond donors (Lipinski definition) is 2. The van der Waals surface area contributed by atoms with Crippen LogP contribution in [0, 0.1) is 0 Å². The highest BCUT2D eigenvalue weighted by atomic mass is 79.9.